The lowest BCUT2D eigenvalue weighted by atomic mass is 9.91. The molecule has 0 amide bonds. The number of aryl methyl sites for hydroxylation is 1. The van der Waals surface area contributed by atoms with E-state index in [1.165, 1.54) is 16.5 Å². The van der Waals surface area contributed by atoms with Gasteiger partial charge < -0.3 is 9.67 Å². The highest BCUT2D eigenvalue weighted by Gasteiger charge is 2.29. The van der Waals surface area contributed by atoms with Gasteiger partial charge in [-0.1, -0.05) is 18.2 Å². The van der Waals surface area contributed by atoms with Gasteiger partial charge in [0.25, 0.3) is 0 Å². The molecule has 1 aliphatic rings. The van der Waals surface area contributed by atoms with Gasteiger partial charge in [0.05, 0.1) is 5.92 Å². The molecule has 1 aliphatic heterocycles. The van der Waals surface area contributed by atoms with Gasteiger partial charge in [-0.15, -0.1) is 0 Å². The maximum atomic E-state index is 11.1. The van der Waals surface area contributed by atoms with Crippen LogP contribution in [0.5, 0.6) is 0 Å². The molecule has 21 heavy (non-hydrogen) atoms. The molecule has 2 atom stereocenters. The quantitative estimate of drug-likeness (QED) is 0.943. The fraction of sp³-hybridized carbons (Fsp3) is 0.471. The molecule has 1 aromatic heterocycles. The van der Waals surface area contributed by atoms with Gasteiger partial charge in [0.1, 0.15) is 0 Å². The predicted molar refractivity (Wildman–Crippen MR) is 83.2 cm³/mol. The monoisotopic (exact) mass is 286 g/mol. The van der Waals surface area contributed by atoms with Gasteiger partial charge in [0, 0.05) is 36.7 Å². The Hall–Kier alpha value is -1.81. The highest BCUT2D eigenvalue weighted by Crippen LogP contribution is 2.27. The van der Waals surface area contributed by atoms with E-state index in [2.05, 4.69) is 53.9 Å². The number of likely N-dealkylation sites (tertiary alicyclic amines) is 1. The number of nitrogens with zero attached hydrogens (tertiary/aromatic N) is 2. The van der Waals surface area contributed by atoms with E-state index in [-0.39, 0.29) is 5.92 Å². The summed E-state index contributed by atoms with van der Waals surface area (Å²) in [5, 5.41) is 10.5. The molecule has 1 saturated heterocycles. The Morgan fingerprint density at radius 1 is 1.38 bits per heavy atom. The van der Waals surface area contributed by atoms with Crippen molar-refractivity contribution in [3.63, 3.8) is 0 Å². The molecular weight excluding hydrogens is 264 g/mol. The molecule has 0 spiro atoms. The summed E-state index contributed by atoms with van der Waals surface area (Å²) < 4.78 is 2.17. The van der Waals surface area contributed by atoms with Crippen molar-refractivity contribution in [2.75, 3.05) is 6.54 Å². The summed E-state index contributed by atoms with van der Waals surface area (Å²) >= 11 is 0. The summed E-state index contributed by atoms with van der Waals surface area (Å²) in [7, 11) is 2.08. The summed E-state index contributed by atoms with van der Waals surface area (Å²) in [6.07, 6.45) is 3.70. The van der Waals surface area contributed by atoms with Crippen LogP contribution in [-0.4, -0.2) is 33.1 Å². The summed E-state index contributed by atoms with van der Waals surface area (Å²) in [5.41, 5.74) is 2.58. The first-order valence-corrected chi connectivity index (χ1v) is 7.56. The number of piperidine rings is 1. The van der Waals surface area contributed by atoms with Crippen molar-refractivity contribution in [1.29, 1.82) is 0 Å². The summed E-state index contributed by atoms with van der Waals surface area (Å²) in [5.74, 6) is -0.824. The van der Waals surface area contributed by atoms with E-state index in [9.17, 15) is 4.79 Å². The van der Waals surface area contributed by atoms with Crippen molar-refractivity contribution in [3.8, 4) is 0 Å². The number of hydrogen-bond acceptors (Lipinski definition) is 2. The zero-order chi connectivity index (χ0) is 15.0. The molecule has 4 nitrogen and oxygen atoms in total. The van der Waals surface area contributed by atoms with Crippen molar-refractivity contribution < 1.29 is 9.90 Å². The van der Waals surface area contributed by atoms with E-state index in [4.69, 9.17) is 5.11 Å². The fourth-order valence-corrected chi connectivity index (χ4v) is 3.45. The maximum absolute atomic E-state index is 11.1. The second-order valence-corrected chi connectivity index (χ2v) is 6.16. The maximum Gasteiger partial charge on any atom is 0.306 e. The Balaban J connectivity index is 1.78. The van der Waals surface area contributed by atoms with Gasteiger partial charge in [0.2, 0.25) is 0 Å². The first-order chi connectivity index (χ1) is 10.1. The topological polar surface area (TPSA) is 45.5 Å². The lowest BCUT2D eigenvalue weighted by Crippen LogP contribution is -2.42. The number of hydrogen-bond donors (Lipinski definition) is 1. The van der Waals surface area contributed by atoms with E-state index in [0.29, 0.717) is 6.04 Å². The molecule has 3 rings (SSSR count). The van der Waals surface area contributed by atoms with Crippen molar-refractivity contribution in [1.82, 2.24) is 9.47 Å². The van der Waals surface area contributed by atoms with Gasteiger partial charge in [-0.2, -0.15) is 0 Å². The first-order valence-electron chi connectivity index (χ1n) is 7.56. The van der Waals surface area contributed by atoms with Crippen LogP contribution in [0.1, 0.15) is 25.3 Å². The van der Waals surface area contributed by atoms with Crippen LogP contribution < -0.4 is 0 Å². The average Bonchev–Trinajstić information content (AvgIpc) is 2.78. The Bertz CT molecular complexity index is 662. The SMILES string of the molecule is CC1CC(C(=O)O)CCN1Cc1cn(C)c2ccccc12. The number of benzene rings is 1. The molecule has 0 bridgehead atoms. The third-order valence-electron chi connectivity index (χ3n) is 4.72. The second-order valence-electron chi connectivity index (χ2n) is 6.16. The second kappa shape index (κ2) is 5.53. The molecule has 0 radical (unpaired) electrons. The third-order valence-corrected chi connectivity index (χ3v) is 4.72. The predicted octanol–water partition coefficient (Wildman–Crippen LogP) is 2.86. The minimum absolute atomic E-state index is 0.177. The molecule has 112 valence electrons. The zero-order valence-corrected chi connectivity index (χ0v) is 12.6. The zero-order valence-electron chi connectivity index (χ0n) is 12.6. The molecule has 0 aliphatic carbocycles. The van der Waals surface area contributed by atoms with Gasteiger partial charge in [0.15, 0.2) is 0 Å². The molecular formula is C17H22N2O2. The van der Waals surface area contributed by atoms with E-state index >= 15 is 0 Å². The number of aliphatic carboxylic acids is 1. The minimum Gasteiger partial charge on any atom is -0.481 e. The summed E-state index contributed by atoms with van der Waals surface area (Å²) in [6.45, 7) is 3.90. The number of carboxylic acid groups (broad SMARTS) is 1. The van der Waals surface area contributed by atoms with Crippen molar-refractivity contribution in [2.24, 2.45) is 13.0 Å². The third kappa shape index (κ3) is 2.68. The van der Waals surface area contributed by atoms with Crippen LogP contribution in [0.2, 0.25) is 0 Å². The number of fused-ring (bicyclic) bond motifs is 1. The van der Waals surface area contributed by atoms with E-state index in [1.807, 2.05) is 0 Å². The van der Waals surface area contributed by atoms with Gasteiger partial charge in [-0.25, -0.2) is 0 Å². The number of para-hydroxylation sites is 1. The molecule has 1 fully saturated rings. The van der Waals surface area contributed by atoms with Crippen LogP contribution in [0, 0.1) is 5.92 Å². The Labute approximate surface area is 125 Å². The van der Waals surface area contributed by atoms with Gasteiger partial charge in [-0.3, -0.25) is 9.69 Å². The van der Waals surface area contributed by atoms with Gasteiger partial charge >= 0.3 is 5.97 Å². The van der Waals surface area contributed by atoms with Crippen molar-refractivity contribution >= 4 is 16.9 Å². The van der Waals surface area contributed by atoms with Crippen LogP contribution >= 0.6 is 0 Å². The lowest BCUT2D eigenvalue weighted by molar-refractivity contribution is -0.144. The summed E-state index contributed by atoms with van der Waals surface area (Å²) in [4.78, 5) is 13.5. The number of aromatic nitrogens is 1. The normalized spacial score (nSPS) is 23.5. The molecule has 2 unspecified atom stereocenters. The van der Waals surface area contributed by atoms with E-state index < -0.39 is 5.97 Å². The number of rotatable bonds is 3. The van der Waals surface area contributed by atoms with Crippen LogP contribution in [0.4, 0.5) is 0 Å². The highest BCUT2D eigenvalue weighted by atomic mass is 16.4. The fourth-order valence-electron chi connectivity index (χ4n) is 3.45. The average molecular weight is 286 g/mol. The Kier molecular flexibility index (Phi) is 3.72. The van der Waals surface area contributed by atoms with Crippen molar-refractivity contribution in [2.45, 2.75) is 32.4 Å². The molecule has 1 N–H and O–H groups in total. The lowest BCUT2D eigenvalue weighted by Gasteiger charge is -2.36. The molecule has 0 saturated carbocycles. The van der Waals surface area contributed by atoms with Crippen LogP contribution in [0.25, 0.3) is 10.9 Å². The molecule has 2 aromatic rings. The van der Waals surface area contributed by atoms with E-state index in [1.54, 1.807) is 0 Å². The van der Waals surface area contributed by atoms with Crippen molar-refractivity contribution in [3.05, 3.63) is 36.0 Å². The summed E-state index contributed by atoms with van der Waals surface area (Å²) in [6, 6.07) is 8.76. The molecule has 2 heterocycles. The minimum atomic E-state index is -0.647. The van der Waals surface area contributed by atoms with Crippen LogP contribution in [-0.2, 0) is 18.4 Å². The number of carboxylic acids is 1. The first kappa shape index (κ1) is 14.1. The Morgan fingerprint density at radius 3 is 2.86 bits per heavy atom. The molecule has 4 heteroatoms. The molecule has 1 aromatic carbocycles. The van der Waals surface area contributed by atoms with Crippen LogP contribution in [0.15, 0.2) is 30.5 Å². The highest BCUT2D eigenvalue weighted by molar-refractivity contribution is 5.83. The standard InChI is InChI=1S/C17H22N2O2/c1-12-9-13(17(20)21)7-8-19(12)11-14-10-18(2)16-6-4-3-5-15(14)16/h3-6,10,12-13H,7-9,11H2,1-2H3,(H,20,21). The number of carbonyl (C=O) groups is 1. The largest absolute Gasteiger partial charge is 0.481 e. The van der Waals surface area contributed by atoms with Crippen LogP contribution in [0.3, 0.4) is 0 Å². The van der Waals surface area contributed by atoms with Gasteiger partial charge in [-0.05, 0) is 37.9 Å². The smallest absolute Gasteiger partial charge is 0.306 e. The Morgan fingerprint density at radius 2 is 2.14 bits per heavy atom. The van der Waals surface area contributed by atoms with E-state index in [0.717, 1.165) is 25.9 Å².